The van der Waals surface area contributed by atoms with Crippen LogP contribution in [0.1, 0.15) is 13.8 Å². The Morgan fingerprint density at radius 1 is 1.26 bits per heavy atom. The van der Waals surface area contributed by atoms with Crippen molar-refractivity contribution in [2.45, 2.75) is 26.0 Å². The summed E-state index contributed by atoms with van der Waals surface area (Å²) in [5, 5.41) is 5.23. The molecule has 7 nitrogen and oxygen atoms in total. The van der Waals surface area contributed by atoms with Crippen molar-refractivity contribution in [3.63, 3.8) is 0 Å². The smallest absolute Gasteiger partial charge is 0.239 e. The Morgan fingerprint density at radius 3 is 2.65 bits per heavy atom. The molecule has 0 aliphatic carbocycles. The number of rotatable bonds is 6. The summed E-state index contributed by atoms with van der Waals surface area (Å²) >= 11 is 0. The SMILES string of the molecule is CC(C)[C@H](N)C(=O)NCC(=O)NCC1COc2ccccc2O1. The van der Waals surface area contributed by atoms with Gasteiger partial charge in [-0.15, -0.1) is 0 Å². The van der Waals surface area contributed by atoms with Gasteiger partial charge in [-0.25, -0.2) is 0 Å². The second-order valence-corrected chi connectivity index (χ2v) is 5.79. The third-order valence-corrected chi connectivity index (χ3v) is 3.54. The van der Waals surface area contributed by atoms with Crippen molar-refractivity contribution in [3.8, 4) is 11.5 Å². The molecule has 0 aromatic heterocycles. The molecule has 0 radical (unpaired) electrons. The normalized spacial score (nSPS) is 17.5. The molecule has 126 valence electrons. The van der Waals surface area contributed by atoms with Crippen LogP contribution in [0.5, 0.6) is 11.5 Å². The number of hydrogen-bond donors (Lipinski definition) is 3. The number of para-hydroxylation sites is 2. The van der Waals surface area contributed by atoms with E-state index in [2.05, 4.69) is 10.6 Å². The summed E-state index contributed by atoms with van der Waals surface area (Å²) in [6.07, 6.45) is -0.262. The van der Waals surface area contributed by atoms with Crippen LogP contribution in [-0.4, -0.2) is 43.7 Å². The van der Waals surface area contributed by atoms with Crippen molar-refractivity contribution in [1.29, 1.82) is 0 Å². The molecule has 4 N–H and O–H groups in total. The number of nitrogens with two attached hydrogens (primary N) is 1. The number of carbonyl (C=O) groups excluding carboxylic acids is 2. The van der Waals surface area contributed by atoms with E-state index in [0.29, 0.717) is 24.7 Å². The van der Waals surface area contributed by atoms with Crippen LogP contribution in [0, 0.1) is 5.92 Å². The molecule has 1 aromatic rings. The maximum absolute atomic E-state index is 11.8. The third-order valence-electron chi connectivity index (χ3n) is 3.54. The number of fused-ring (bicyclic) bond motifs is 1. The number of benzene rings is 1. The lowest BCUT2D eigenvalue weighted by atomic mass is 10.1. The lowest BCUT2D eigenvalue weighted by molar-refractivity contribution is -0.127. The molecule has 0 bridgehead atoms. The molecular weight excluding hydrogens is 298 g/mol. The van der Waals surface area contributed by atoms with Gasteiger partial charge in [0.15, 0.2) is 11.5 Å². The predicted octanol–water partition coefficient (Wildman–Crippen LogP) is 0.0421. The number of amides is 2. The van der Waals surface area contributed by atoms with Gasteiger partial charge in [0.2, 0.25) is 11.8 Å². The van der Waals surface area contributed by atoms with Gasteiger partial charge < -0.3 is 25.8 Å². The number of carbonyl (C=O) groups is 2. The Balaban J connectivity index is 1.70. The van der Waals surface area contributed by atoms with Gasteiger partial charge in [0, 0.05) is 0 Å². The van der Waals surface area contributed by atoms with Crippen LogP contribution in [0.3, 0.4) is 0 Å². The fraction of sp³-hybridized carbons (Fsp3) is 0.500. The van der Waals surface area contributed by atoms with Crippen LogP contribution < -0.4 is 25.8 Å². The van der Waals surface area contributed by atoms with Crippen molar-refractivity contribution in [2.24, 2.45) is 11.7 Å². The number of ether oxygens (including phenoxy) is 2. The highest BCUT2D eigenvalue weighted by Gasteiger charge is 2.21. The maximum Gasteiger partial charge on any atom is 0.239 e. The molecule has 2 amide bonds. The fourth-order valence-corrected chi connectivity index (χ4v) is 2.04. The molecule has 1 heterocycles. The highest BCUT2D eigenvalue weighted by Crippen LogP contribution is 2.30. The minimum Gasteiger partial charge on any atom is -0.486 e. The predicted molar refractivity (Wildman–Crippen MR) is 85.2 cm³/mol. The largest absolute Gasteiger partial charge is 0.486 e. The van der Waals surface area contributed by atoms with Crippen LogP contribution in [0.15, 0.2) is 24.3 Å². The van der Waals surface area contributed by atoms with Gasteiger partial charge in [0.25, 0.3) is 0 Å². The van der Waals surface area contributed by atoms with Gasteiger partial charge in [0.1, 0.15) is 12.7 Å². The Kier molecular flexibility index (Phi) is 5.81. The number of hydrogen-bond acceptors (Lipinski definition) is 5. The highest BCUT2D eigenvalue weighted by molar-refractivity contribution is 5.87. The van der Waals surface area contributed by atoms with Gasteiger partial charge >= 0.3 is 0 Å². The summed E-state index contributed by atoms with van der Waals surface area (Å²) in [6.45, 7) is 4.26. The van der Waals surface area contributed by atoms with Crippen LogP contribution in [0.2, 0.25) is 0 Å². The van der Waals surface area contributed by atoms with Crippen LogP contribution in [-0.2, 0) is 9.59 Å². The average molecular weight is 321 g/mol. The maximum atomic E-state index is 11.8. The van der Waals surface area contributed by atoms with E-state index in [9.17, 15) is 9.59 Å². The second kappa shape index (κ2) is 7.82. The zero-order valence-electron chi connectivity index (χ0n) is 13.4. The molecular formula is C16H23N3O4. The Morgan fingerprint density at radius 2 is 1.96 bits per heavy atom. The molecule has 2 atom stereocenters. The average Bonchev–Trinajstić information content (AvgIpc) is 2.56. The Bertz CT molecular complexity index is 562. The third kappa shape index (κ3) is 4.85. The van der Waals surface area contributed by atoms with Crippen LogP contribution in [0.4, 0.5) is 0 Å². The molecule has 0 fully saturated rings. The molecule has 23 heavy (non-hydrogen) atoms. The van der Waals surface area contributed by atoms with Crippen molar-refractivity contribution < 1.29 is 19.1 Å². The zero-order chi connectivity index (χ0) is 16.8. The van der Waals surface area contributed by atoms with Gasteiger partial charge in [-0.05, 0) is 18.1 Å². The van der Waals surface area contributed by atoms with Crippen molar-refractivity contribution in [3.05, 3.63) is 24.3 Å². The second-order valence-electron chi connectivity index (χ2n) is 5.79. The molecule has 1 aliphatic rings. The van der Waals surface area contributed by atoms with Crippen molar-refractivity contribution >= 4 is 11.8 Å². The zero-order valence-corrected chi connectivity index (χ0v) is 13.4. The number of nitrogens with one attached hydrogen (secondary N) is 2. The van der Waals surface area contributed by atoms with Crippen molar-refractivity contribution in [2.75, 3.05) is 19.7 Å². The van der Waals surface area contributed by atoms with Crippen LogP contribution >= 0.6 is 0 Å². The van der Waals surface area contributed by atoms with E-state index in [0.717, 1.165) is 0 Å². The standard InChI is InChI=1S/C16H23N3O4/c1-10(2)15(17)16(21)19-8-14(20)18-7-11-9-22-12-5-3-4-6-13(12)23-11/h3-6,10-11,15H,7-9,17H2,1-2H3,(H,18,20)(H,19,21)/t11?,15-/m0/s1. The molecule has 1 unspecified atom stereocenters. The summed E-state index contributed by atoms with van der Waals surface area (Å²) in [5.74, 6) is 0.753. The minimum absolute atomic E-state index is 0.0194. The van der Waals surface area contributed by atoms with E-state index in [1.54, 1.807) is 0 Å². The van der Waals surface area contributed by atoms with E-state index in [1.165, 1.54) is 0 Å². The summed E-state index contributed by atoms with van der Waals surface area (Å²) < 4.78 is 11.3. The quantitative estimate of drug-likeness (QED) is 0.686. The first-order chi connectivity index (χ1) is 11.0. The first-order valence-corrected chi connectivity index (χ1v) is 7.66. The highest BCUT2D eigenvalue weighted by atomic mass is 16.6. The molecule has 2 rings (SSSR count). The molecule has 1 aromatic carbocycles. The summed E-state index contributed by atoms with van der Waals surface area (Å²) in [4.78, 5) is 23.4. The molecule has 0 saturated heterocycles. The fourth-order valence-electron chi connectivity index (χ4n) is 2.04. The Hall–Kier alpha value is -2.28. The minimum atomic E-state index is -0.616. The van der Waals surface area contributed by atoms with Crippen molar-refractivity contribution in [1.82, 2.24) is 10.6 Å². The van der Waals surface area contributed by atoms with Gasteiger partial charge in [-0.2, -0.15) is 0 Å². The summed E-state index contributed by atoms with van der Waals surface area (Å²) in [5.41, 5.74) is 5.70. The topological polar surface area (TPSA) is 103 Å². The summed E-state index contributed by atoms with van der Waals surface area (Å²) in [7, 11) is 0. The van der Waals surface area contributed by atoms with E-state index in [1.807, 2.05) is 38.1 Å². The van der Waals surface area contributed by atoms with E-state index in [-0.39, 0.29) is 30.4 Å². The first-order valence-electron chi connectivity index (χ1n) is 7.66. The summed E-state index contributed by atoms with van der Waals surface area (Å²) in [6, 6.07) is 6.76. The lowest BCUT2D eigenvalue weighted by Gasteiger charge is -2.26. The molecule has 1 aliphatic heterocycles. The van der Waals surface area contributed by atoms with Gasteiger partial charge in [0.05, 0.1) is 19.1 Å². The molecule has 7 heteroatoms. The van der Waals surface area contributed by atoms with Gasteiger partial charge in [-0.3, -0.25) is 9.59 Å². The molecule has 0 saturated carbocycles. The van der Waals surface area contributed by atoms with Crippen LogP contribution in [0.25, 0.3) is 0 Å². The Labute approximate surface area is 135 Å². The van der Waals surface area contributed by atoms with E-state index < -0.39 is 6.04 Å². The van der Waals surface area contributed by atoms with E-state index in [4.69, 9.17) is 15.2 Å². The molecule has 0 spiro atoms. The monoisotopic (exact) mass is 321 g/mol. The van der Waals surface area contributed by atoms with E-state index >= 15 is 0 Å². The first kappa shape index (κ1) is 17.1. The lowest BCUT2D eigenvalue weighted by Crippen LogP contribution is -2.48. The van der Waals surface area contributed by atoms with Gasteiger partial charge in [-0.1, -0.05) is 26.0 Å².